The largest absolute Gasteiger partial charge is 0.329 e. The summed E-state index contributed by atoms with van der Waals surface area (Å²) < 4.78 is 12.9. The number of nitrogens with one attached hydrogen (secondary N) is 2. The highest BCUT2D eigenvalue weighted by Crippen LogP contribution is 2.21. The van der Waals surface area contributed by atoms with Gasteiger partial charge in [0.2, 0.25) is 5.91 Å². The van der Waals surface area contributed by atoms with E-state index < -0.39 is 6.04 Å². The number of benzene rings is 2. The summed E-state index contributed by atoms with van der Waals surface area (Å²) in [6.45, 7) is 1.81. The van der Waals surface area contributed by atoms with Crippen molar-refractivity contribution in [3.8, 4) is 0 Å². The summed E-state index contributed by atoms with van der Waals surface area (Å²) in [5, 5.41) is 4.10. The minimum Gasteiger partial charge on any atom is -0.329 e. The minimum absolute atomic E-state index is 0.175. The van der Waals surface area contributed by atoms with E-state index in [1.165, 1.54) is 12.1 Å². The van der Waals surface area contributed by atoms with Crippen LogP contribution < -0.4 is 16.6 Å². The van der Waals surface area contributed by atoms with E-state index in [9.17, 15) is 14.0 Å². The van der Waals surface area contributed by atoms with Gasteiger partial charge in [0.25, 0.3) is 5.56 Å². The SMILES string of the molecule is Cc1cc2c(=O)[nH]ccc2cc1NC(=O)C(N)Cc1ccc(F)cc1. The van der Waals surface area contributed by atoms with Gasteiger partial charge in [-0.3, -0.25) is 9.59 Å². The summed E-state index contributed by atoms with van der Waals surface area (Å²) in [7, 11) is 0. The molecule has 0 aliphatic carbocycles. The summed E-state index contributed by atoms with van der Waals surface area (Å²) in [5.74, 6) is -0.667. The molecule has 5 nitrogen and oxygen atoms in total. The molecular formula is C19H18FN3O2. The number of anilines is 1. The number of hydrogen-bond donors (Lipinski definition) is 3. The standard InChI is InChI=1S/C19H18FN3O2/c1-11-8-15-13(6-7-22-18(15)24)10-17(11)23-19(25)16(21)9-12-2-4-14(20)5-3-12/h2-8,10,16H,9,21H2,1H3,(H,22,24)(H,23,25). The van der Waals surface area contributed by atoms with Gasteiger partial charge in [-0.2, -0.15) is 0 Å². The first-order chi connectivity index (χ1) is 11.9. The van der Waals surface area contributed by atoms with Gasteiger partial charge in [-0.25, -0.2) is 4.39 Å². The lowest BCUT2D eigenvalue weighted by Gasteiger charge is -2.14. The number of halogens is 1. The second kappa shape index (κ2) is 6.86. The Kier molecular flexibility index (Phi) is 4.63. The molecule has 0 fully saturated rings. The highest BCUT2D eigenvalue weighted by atomic mass is 19.1. The topological polar surface area (TPSA) is 88.0 Å². The maximum Gasteiger partial charge on any atom is 0.255 e. The molecule has 0 spiro atoms. The highest BCUT2D eigenvalue weighted by molar-refractivity contribution is 5.98. The van der Waals surface area contributed by atoms with Crippen molar-refractivity contribution in [2.45, 2.75) is 19.4 Å². The number of aryl methyl sites for hydroxylation is 1. The first kappa shape index (κ1) is 16.9. The van der Waals surface area contributed by atoms with E-state index in [-0.39, 0.29) is 17.3 Å². The molecule has 0 aliphatic rings. The van der Waals surface area contributed by atoms with Crippen LogP contribution in [0.5, 0.6) is 0 Å². The van der Waals surface area contributed by atoms with Crippen molar-refractivity contribution in [1.29, 1.82) is 0 Å². The van der Waals surface area contributed by atoms with Crippen LogP contribution in [-0.4, -0.2) is 16.9 Å². The first-order valence-electron chi connectivity index (χ1n) is 7.87. The second-order valence-electron chi connectivity index (χ2n) is 5.99. The van der Waals surface area contributed by atoms with Gasteiger partial charge in [0.15, 0.2) is 0 Å². The van der Waals surface area contributed by atoms with Crippen molar-refractivity contribution in [1.82, 2.24) is 4.98 Å². The molecule has 0 saturated heterocycles. The average molecular weight is 339 g/mol. The lowest BCUT2D eigenvalue weighted by atomic mass is 10.0. The van der Waals surface area contributed by atoms with Crippen LogP contribution in [0.15, 0.2) is 53.5 Å². The molecule has 3 rings (SSSR count). The Hall–Kier alpha value is -2.99. The quantitative estimate of drug-likeness (QED) is 0.682. The third-order valence-corrected chi connectivity index (χ3v) is 4.08. The Morgan fingerprint density at radius 1 is 1.24 bits per heavy atom. The Bertz CT molecular complexity index is 980. The molecule has 3 aromatic rings. The van der Waals surface area contributed by atoms with Crippen molar-refractivity contribution in [2.75, 3.05) is 5.32 Å². The molecule has 1 heterocycles. The number of H-pyrrole nitrogens is 1. The molecule has 0 bridgehead atoms. The molecule has 1 amide bonds. The lowest BCUT2D eigenvalue weighted by molar-refractivity contribution is -0.117. The van der Waals surface area contributed by atoms with Gasteiger partial charge in [-0.15, -0.1) is 0 Å². The average Bonchev–Trinajstić information content (AvgIpc) is 2.58. The van der Waals surface area contributed by atoms with Gasteiger partial charge in [0, 0.05) is 17.3 Å². The molecule has 0 saturated carbocycles. The molecule has 1 unspecified atom stereocenters. The molecule has 4 N–H and O–H groups in total. The zero-order valence-corrected chi connectivity index (χ0v) is 13.7. The van der Waals surface area contributed by atoms with Crippen LogP contribution in [0.25, 0.3) is 10.8 Å². The number of fused-ring (bicyclic) bond motifs is 1. The highest BCUT2D eigenvalue weighted by Gasteiger charge is 2.16. The molecule has 1 atom stereocenters. The van der Waals surface area contributed by atoms with Crippen LogP contribution in [0.2, 0.25) is 0 Å². The van der Waals surface area contributed by atoms with Crippen LogP contribution in [-0.2, 0) is 11.2 Å². The van der Waals surface area contributed by atoms with E-state index >= 15 is 0 Å². The minimum atomic E-state index is -0.764. The Morgan fingerprint density at radius 2 is 1.96 bits per heavy atom. The van der Waals surface area contributed by atoms with E-state index in [0.717, 1.165) is 16.5 Å². The maximum absolute atomic E-state index is 12.9. The fourth-order valence-corrected chi connectivity index (χ4v) is 2.67. The summed E-state index contributed by atoms with van der Waals surface area (Å²) in [6, 6.07) is 10.4. The van der Waals surface area contributed by atoms with Gasteiger partial charge in [-0.1, -0.05) is 12.1 Å². The zero-order valence-electron chi connectivity index (χ0n) is 13.7. The number of aromatic nitrogens is 1. The number of pyridine rings is 1. The van der Waals surface area contributed by atoms with Gasteiger partial charge < -0.3 is 16.0 Å². The van der Waals surface area contributed by atoms with Crippen molar-refractivity contribution < 1.29 is 9.18 Å². The summed E-state index contributed by atoms with van der Waals surface area (Å²) >= 11 is 0. The summed E-state index contributed by atoms with van der Waals surface area (Å²) in [5.41, 5.74) is 7.95. The molecule has 128 valence electrons. The third kappa shape index (κ3) is 3.75. The van der Waals surface area contributed by atoms with Crippen LogP contribution in [0.4, 0.5) is 10.1 Å². The smallest absolute Gasteiger partial charge is 0.255 e. The molecule has 1 aromatic heterocycles. The molecule has 6 heteroatoms. The van der Waals surface area contributed by atoms with Crippen molar-refractivity contribution in [2.24, 2.45) is 5.73 Å². The predicted molar refractivity (Wildman–Crippen MR) is 96.0 cm³/mol. The predicted octanol–water partition coefficient (Wildman–Crippen LogP) is 2.48. The normalized spacial score (nSPS) is 12.1. The Labute approximate surface area is 143 Å². The Balaban J connectivity index is 1.78. The van der Waals surface area contributed by atoms with Gasteiger partial charge in [-0.05, 0) is 60.2 Å². The van der Waals surface area contributed by atoms with Crippen LogP contribution in [0.3, 0.4) is 0 Å². The number of nitrogens with two attached hydrogens (primary N) is 1. The monoisotopic (exact) mass is 339 g/mol. The van der Waals surface area contributed by atoms with Crippen molar-refractivity contribution >= 4 is 22.4 Å². The third-order valence-electron chi connectivity index (χ3n) is 4.08. The fourth-order valence-electron chi connectivity index (χ4n) is 2.67. The van der Waals surface area contributed by atoms with Crippen molar-refractivity contribution in [3.05, 3.63) is 76.0 Å². The van der Waals surface area contributed by atoms with Crippen LogP contribution >= 0.6 is 0 Å². The van der Waals surface area contributed by atoms with E-state index in [0.29, 0.717) is 17.5 Å². The van der Waals surface area contributed by atoms with E-state index in [2.05, 4.69) is 10.3 Å². The zero-order chi connectivity index (χ0) is 18.0. The summed E-state index contributed by atoms with van der Waals surface area (Å²) in [6.07, 6.45) is 1.87. The first-order valence-corrected chi connectivity index (χ1v) is 7.87. The lowest BCUT2D eigenvalue weighted by Crippen LogP contribution is -2.37. The second-order valence-corrected chi connectivity index (χ2v) is 5.99. The van der Waals surface area contributed by atoms with E-state index in [1.54, 1.807) is 36.5 Å². The number of carbonyl (C=O) groups is 1. The number of amides is 1. The maximum atomic E-state index is 12.9. The molecule has 0 radical (unpaired) electrons. The summed E-state index contributed by atoms with van der Waals surface area (Å²) in [4.78, 5) is 26.8. The van der Waals surface area contributed by atoms with Crippen molar-refractivity contribution in [3.63, 3.8) is 0 Å². The number of carbonyl (C=O) groups excluding carboxylic acids is 1. The molecule has 25 heavy (non-hydrogen) atoms. The van der Waals surface area contributed by atoms with Gasteiger partial charge in [0.1, 0.15) is 5.82 Å². The Morgan fingerprint density at radius 3 is 2.68 bits per heavy atom. The number of aromatic amines is 1. The van der Waals surface area contributed by atoms with E-state index in [1.807, 2.05) is 6.92 Å². The van der Waals surface area contributed by atoms with Gasteiger partial charge >= 0.3 is 0 Å². The number of hydrogen-bond acceptors (Lipinski definition) is 3. The van der Waals surface area contributed by atoms with E-state index in [4.69, 9.17) is 5.73 Å². The van der Waals surface area contributed by atoms with Gasteiger partial charge in [0.05, 0.1) is 6.04 Å². The van der Waals surface area contributed by atoms with Crippen LogP contribution in [0.1, 0.15) is 11.1 Å². The fraction of sp³-hybridized carbons (Fsp3) is 0.158. The van der Waals surface area contributed by atoms with Crippen LogP contribution in [0, 0.1) is 12.7 Å². The molecule has 2 aromatic carbocycles. The number of rotatable bonds is 4. The molecule has 0 aliphatic heterocycles. The molecular weight excluding hydrogens is 321 g/mol.